The van der Waals surface area contributed by atoms with Crippen LogP contribution in [0.3, 0.4) is 0 Å². The number of ether oxygens (including phenoxy) is 1. The van der Waals surface area contributed by atoms with Crippen LogP contribution in [0.2, 0.25) is 5.02 Å². The van der Waals surface area contributed by atoms with Gasteiger partial charge in [0, 0.05) is 18.2 Å². The van der Waals surface area contributed by atoms with Crippen molar-refractivity contribution in [3.63, 3.8) is 0 Å². The molecule has 1 N–H and O–H groups in total. The van der Waals surface area contributed by atoms with Gasteiger partial charge >= 0.3 is 5.97 Å². The first-order valence-electron chi connectivity index (χ1n) is 7.40. The normalized spacial score (nSPS) is 11.3. The van der Waals surface area contributed by atoms with Gasteiger partial charge in [-0.25, -0.2) is 4.79 Å². The number of halogens is 1. The van der Waals surface area contributed by atoms with Crippen LogP contribution in [0.5, 0.6) is 0 Å². The summed E-state index contributed by atoms with van der Waals surface area (Å²) in [4.78, 5) is 44.7. The fourth-order valence-electron chi connectivity index (χ4n) is 2.03. The van der Waals surface area contributed by atoms with Crippen molar-refractivity contribution in [1.29, 1.82) is 0 Å². The molecule has 11 heteroatoms. The summed E-state index contributed by atoms with van der Waals surface area (Å²) in [5.41, 5.74) is -1.05. The number of benzene rings is 2. The Kier molecular flexibility index (Phi) is 6.03. The van der Waals surface area contributed by atoms with Crippen LogP contribution >= 0.6 is 11.6 Å². The molecule has 2 aromatic carbocycles. The van der Waals surface area contributed by atoms with Crippen LogP contribution in [0.25, 0.3) is 0 Å². The van der Waals surface area contributed by atoms with Gasteiger partial charge in [-0.1, -0.05) is 23.7 Å². The minimum atomic E-state index is -1.34. The summed E-state index contributed by atoms with van der Waals surface area (Å²) < 4.78 is 4.96. The summed E-state index contributed by atoms with van der Waals surface area (Å²) >= 11 is 5.85. The number of rotatable bonds is 6. The van der Waals surface area contributed by atoms with Crippen molar-refractivity contribution in [2.24, 2.45) is 0 Å². The second-order valence-corrected chi connectivity index (χ2v) is 5.64. The summed E-state index contributed by atoms with van der Waals surface area (Å²) in [7, 11) is 0. The number of nitro benzene ring substituents is 2. The SMILES string of the molecule is C[C@@H](OC(=O)c1cc([N+](=O)[O-])ccc1Cl)C(=O)Nc1ccccc1[N+](=O)[O-]. The zero-order chi connectivity index (χ0) is 20.1. The molecule has 140 valence electrons. The lowest BCUT2D eigenvalue weighted by atomic mass is 10.2. The fourth-order valence-corrected chi connectivity index (χ4v) is 2.23. The summed E-state index contributed by atoms with van der Waals surface area (Å²) in [6.45, 7) is 1.24. The Bertz CT molecular complexity index is 932. The topological polar surface area (TPSA) is 142 Å². The van der Waals surface area contributed by atoms with E-state index >= 15 is 0 Å². The molecule has 0 aromatic heterocycles. The third-order valence-electron chi connectivity index (χ3n) is 3.39. The maximum Gasteiger partial charge on any atom is 0.340 e. The van der Waals surface area contributed by atoms with Crippen LogP contribution in [0, 0.1) is 20.2 Å². The van der Waals surface area contributed by atoms with Crippen LogP contribution in [0.1, 0.15) is 17.3 Å². The molecule has 27 heavy (non-hydrogen) atoms. The van der Waals surface area contributed by atoms with Gasteiger partial charge < -0.3 is 10.1 Å². The molecule has 0 spiro atoms. The Labute approximate surface area is 157 Å². The molecule has 0 radical (unpaired) electrons. The predicted octanol–water partition coefficient (Wildman–Crippen LogP) is 3.34. The van der Waals surface area contributed by atoms with Gasteiger partial charge in [-0.05, 0) is 19.1 Å². The molecule has 2 rings (SSSR count). The molecule has 1 atom stereocenters. The van der Waals surface area contributed by atoms with Crippen LogP contribution in [0.15, 0.2) is 42.5 Å². The molecule has 0 unspecified atom stereocenters. The molecule has 0 aliphatic carbocycles. The summed E-state index contributed by atoms with van der Waals surface area (Å²) in [5.74, 6) is -1.87. The van der Waals surface area contributed by atoms with Gasteiger partial charge in [0.15, 0.2) is 6.10 Å². The highest BCUT2D eigenvalue weighted by molar-refractivity contribution is 6.33. The smallest absolute Gasteiger partial charge is 0.340 e. The Balaban J connectivity index is 2.13. The van der Waals surface area contributed by atoms with Crippen molar-refractivity contribution in [3.8, 4) is 0 Å². The van der Waals surface area contributed by atoms with Crippen LogP contribution in [-0.2, 0) is 9.53 Å². The van der Waals surface area contributed by atoms with Crippen LogP contribution in [0.4, 0.5) is 17.1 Å². The molecule has 0 heterocycles. The van der Waals surface area contributed by atoms with Gasteiger partial charge in [-0.15, -0.1) is 0 Å². The number of carbonyl (C=O) groups excluding carboxylic acids is 2. The van der Waals surface area contributed by atoms with E-state index in [0.717, 1.165) is 18.2 Å². The average molecular weight is 394 g/mol. The van der Waals surface area contributed by atoms with Gasteiger partial charge in [0.2, 0.25) is 0 Å². The zero-order valence-corrected chi connectivity index (χ0v) is 14.5. The molecule has 10 nitrogen and oxygen atoms in total. The number of hydrogen-bond acceptors (Lipinski definition) is 7. The predicted molar refractivity (Wildman–Crippen MR) is 94.7 cm³/mol. The van der Waals surface area contributed by atoms with E-state index in [1.165, 1.54) is 31.2 Å². The van der Waals surface area contributed by atoms with E-state index in [1.807, 2.05) is 0 Å². The van der Waals surface area contributed by atoms with Gasteiger partial charge in [-0.3, -0.25) is 25.0 Å². The molecule has 1 amide bonds. The molecular weight excluding hydrogens is 382 g/mol. The van der Waals surface area contributed by atoms with Gasteiger partial charge in [0.25, 0.3) is 17.3 Å². The maximum absolute atomic E-state index is 12.2. The van der Waals surface area contributed by atoms with Crippen molar-refractivity contribution >= 4 is 40.5 Å². The highest BCUT2D eigenvalue weighted by atomic mass is 35.5. The van der Waals surface area contributed by atoms with E-state index in [2.05, 4.69) is 5.32 Å². The first kappa shape index (κ1) is 19.8. The second-order valence-electron chi connectivity index (χ2n) is 5.23. The number of esters is 1. The molecule has 0 fully saturated rings. The Hall–Kier alpha value is -3.53. The number of hydrogen-bond donors (Lipinski definition) is 1. The van der Waals surface area contributed by atoms with Gasteiger partial charge in [-0.2, -0.15) is 0 Å². The summed E-state index contributed by atoms with van der Waals surface area (Å²) in [5, 5.41) is 24.0. The van der Waals surface area contributed by atoms with Crippen molar-refractivity contribution in [1.82, 2.24) is 0 Å². The van der Waals surface area contributed by atoms with E-state index in [1.54, 1.807) is 0 Å². The van der Waals surface area contributed by atoms with Crippen molar-refractivity contribution in [2.45, 2.75) is 13.0 Å². The molecule has 0 bridgehead atoms. The molecule has 0 aliphatic heterocycles. The number of carbonyl (C=O) groups is 2. The first-order valence-corrected chi connectivity index (χ1v) is 7.77. The molecule has 0 aliphatic rings. The number of amides is 1. The van der Waals surface area contributed by atoms with Crippen molar-refractivity contribution in [3.05, 3.63) is 73.3 Å². The van der Waals surface area contributed by atoms with Crippen LogP contribution in [-0.4, -0.2) is 27.8 Å². The minimum absolute atomic E-state index is 0.0659. The van der Waals surface area contributed by atoms with Crippen molar-refractivity contribution < 1.29 is 24.2 Å². The van der Waals surface area contributed by atoms with E-state index < -0.39 is 27.8 Å². The Morgan fingerprint density at radius 2 is 1.78 bits per heavy atom. The number of nitrogens with one attached hydrogen (secondary N) is 1. The lowest BCUT2D eigenvalue weighted by molar-refractivity contribution is -0.384. The Morgan fingerprint density at radius 1 is 1.11 bits per heavy atom. The second kappa shape index (κ2) is 8.23. The lowest BCUT2D eigenvalue weighted by Crippen LogP contribution is -2.30. The zero-order valence-electron chi connectivity index (χ0n) is 13.7. The fraction of sp³-hybridized carbons (Fsp3) is 0.125. The highest BCUT2D eigenvalue weighted by Gasteiger charge is 2.24. The lowest BCUT2D eigenvalue weighted by Gasteiger charge is -2.14. The van der Waals surface area contributed by atoms with E-state index in [9.17, 15) is 29.8 Å². The minimum Gasteiger partial charge on any atom is -0.449 e. The highest BCUT2D eigenvalue weighted by Crippen LogP contribution is 2.25. The number of nitro groups is 2. The third-order valence-corrected chi connectivity index (χ3v) is 3.72. The first-order chi connectivity index (χ1) is 12.7. The standard InChI is InChI=1S/C16H12ClN3O7/c1-9(15(21)18-13-4-2-3-5-14(13)20(25)26)27-16(22)11-8-10(19(23)24)6-7-12(11)17/h2-9H,1H3,(H,18,21)/t9-/m1/s1. The number of nitrogens with zero attached hydrogens (tertiary/aromatic N) is 2. The van der Waals surface area contributed by atoms with E-state index in [4.69, 9.17) is 16.3 Å². The van der Waals surface area contributed by atoms with E-state index in [-0.39, 0.29) is 27.6 Å². The van der Waals surface area contributed by atoms with Crippen molar-refractivity contribution in [2.75, 3.05) is 5.32 Å². The number of para-hydroxylation sites is 2. The van der Waals surface area contributed by atoms with Gasteiger partial charge in [0.05, 0.1) is 20.4 Å². The summed E-state index contributed by atoms with van der Waals surface area (Å²) in [6, 6.07) is 8.65. The average Bonchev–Trinajstić information content (AvgIpc) is 2.61. The van der Waals surface area contributed by atoms with Gasteiger partial charge in [0.1, 0.15) is 5.69 Å². The Morgan fingerprint density at radius 3 is 2.41 bits per heavy atom. The molecular formula is C16H12ClN3O7. The monoisotopic (exact) mass is 393 g/mol. The maximum atomic E-state index is 12.2. The number of non-ortho nitro benzene ring substituents is 1. The van der Waals surface area contributed by atoms with E-state index in [0.29, 0.717) is 0 Å². The third kappa shape index (κ3) is 4.76. The largest absolute Gasteiger partial charge is 0.449 e. The van der Waals surface area contributed by atoms with Crippen LogP contribution < -0.4 is 5.32 Å². The molecule has 0 saturated heterocycles. The quantitative estimate of drug-likeness (QED) is 0.450. The molecule has 0 saturated carbocycles. The number of anilines is 1. The summed E-state index contributed by atoms with van der Waals surface area (Å²) in [6.07, 6.45) is -1.34. The molecule has 2 aromatic rings.